The summed E-state index contributed by atoms with van der Waals surface area (Å²) in [5.41, 5.74) is 1.74. The van der Waals surface area contributed by atoms with Gasteiger partial charge in [0.25, 0.3) is 0 Å². The zero-order valence-corrected chi connectivity index (χ0v) is 13.6. The number of amides is 2. The number of nitrogens with one attached hydrogen (secondary N) is 1. The molecule has 2 aromatic rings. The van der Waals surface area contributed by atoms with Crippen LogP contribution in [0.15, 0.2) is 29.9 Å². The quantitative estimate of drug-likeness (QED) is 0.902. The monoisotopic (exact) mass is 332 g/mol. The lowest BCUT2D eigenvalue weighted by Crippen LogP contribution is -2.46. The fourth-order valence-electron chi connectivity index (χ4n) is 2.86. The first-order valence-corrected chi connectivity index (χ1v) is 8.70. The van der Waals surface area contributed by atoms with Crippen molar-refractivity contribution in [3.05, 3.63) is 29.9 Å². The molecule has 1 fully saturated rings. The maximum absolute atomic E-state index is 12.5. The van der Waals surface area contributed by atoms with Crippen LogP contribution in [0.2, 0.25) is 0 Å². The van der Waals surface area contributed by atoms with E-state index < -0.39 is 0 Å². The van der Waals surface area contributed by atoms with E-state index in [4.69, 9.17) is 5.11 Å². The molecule has 7 heteroatoms. The molecule has 2 N–H and O–H groups in total. The van der Waals surface area contributed by atoms with E-state index in [1.54, 1.807) is 12.4 Å². The fraction of sp³-hybridized carbons (Fsp3) is 0.438. The molecule has 0 radical (unpaired) electrons. The van der Waals surface area contributed by atoms with Gasteiger partial charge in [-0.15, -0.1) is 11.3 Å². The maximum atomic E-state index is 12.5. The minimum atomic E-state index is -0.129. The van der Waals surface area contributed by atoms with Crippen LogP contribution in [-0.2, 0) is 0 Å². The number of pyridine rings is 1. The third kappa shape index (κ3) is 3.86. The topological polar surface area (TPSA) is 78.4 Å². The molecule has 122 valence electrons. The molecule has 0 spiro atoms. The molecular weight excluding hydrogens is 312 g/mol. The van der Waals surface area contributed by atoms with Crippen molar-refractivity contribution in [2.75, 3.05) is 18.5 Å². The summed E-state index contributed by atoms with van der Waals surface area (Å²) in [7, 11) is 0. The Morgan fingerprint density at radius 3 is 3.17 bits per heavy atom. The lowest BCUT2D eigenvalue weighted by Gasteiger charge is -2.35. The summed E-state index contributed by atoms with van der Waals surface area (Å²) in [4.78, 5) is 22.8. The normalized spacial score (nSPS) is 18.0. The molecular formula is C16H20N4O2S. The van der Waals surface area contributed by atoms with E-state index in [0.29, 0.717) is 11.6 Å². The van der Waals surface area contributed by atoms with Crippen LogP contribution in [0.3, 0.4) is 0 Å². The van der Waals surface area contributed by atoms with Gasteiger partial charge in [0, 0.05) is 42.5 Å². The summed E-state index contributed by atoms with van der Waals surface area (Å²) in [5, 5.41) is 14.5. The van der Waals surface area contributed by atoms with Crippen LogP contribution in [0.4, 0.5) is 9.93 Å². The Balaban J connectivity index is 1.67. The van der Waals surface area contributed by atoms with Gasteiger partial charge in [0.1, 0.15) is 0 Å². The molecule has 2 aromatic heterocycles. The first-order chi connectivity index (χ1) is 11.3. The Hall–Kier alpha value is -1.99. The molecule has 6 nitrogen and oxygen atoms in total. The number of anilines is 1. The first-order valence-electron chi connectivity index (χ1n) is 7.82. The Morgan fingerprint density at radius 1 is 1.48 bits per heavy atom. The predicted octanol–water partition coefficient (Wildman–Crippen LogP) is 2.97. The lowest BCUT2D eigenvalue weighted by molar-refractivity contribution is 0.141. The average Bonchev–Trinajstić information content (AvgIpc) is 3.05. The molecule has 0 aliphatic carbocycles. The zero-order chi connectivity index (χ0) is 16.1. The average molecular weight is 332 g/mol. The lowest BCUT2D eigenvalue weighted by atomic mass is 10.0. The number of hydrogen-bond donors (Lipinski definition) is 2. The van der Waals surface area contributed by atoms with E-state index in [-0.39, 0.29) is 18.7 Å². The molecule has 3 heterocycles. The molecule has 0 saturated carbocycles. The van der Waals surface area contributed by atoms with Gasteiger partial charge in [-0.1, -0.05) is 0 Å². The third-order valence-corrected chi connectivity index (χ3v) is 4.78. The van der Waals surface area contributed by atoms with E-state index in [2.05, 4.69) is 15.3 Å². The molecule has 1 atom stereocenters. The highest BCUT2D eigenvalue weighted by Gasteiger charge is 2.26. The summed E-state index contributed by atoms with van der Waals surface area (Å²) in [6.45, 7) is 0.841. The van der Waals surface area contributed by atoms with Crippen LogP contribution in [0.25, 0.3) is 11.3 Å². The highest BCUT2D eigenvalue weighted by molar-refractivity contribution is 7.14. The summed E-state index contributed by atoms with van der Waals surface area (Å²) >= 11 is 1.40. The van der Waals surface area contributed by atoms with E-state index in [0.717, 1.165) is 37.1 Å². The number of nitrogens with zero attached hydrogens (tertiary/aromatic N) is 3. The van der Waals surface area contributed by atoms with Crippen LogP contribution in [0.5, 0.6) is 0 Å². The second-order valence-corrected chi connectivity index (χ2v) is 6.42. The van der Waals surface area contributed by atoms with Crippen molar-refractivity contribution in [3.63, 3.8) is 0 Å². The molecule has 0 aromatic carbocycles. The SMILES string of the molecule is O=C(Nc1nc(-c2cccnc2)cs1)N1CCCCC1CCO. The van der Waals surface area contributed by atoms with Gasteiger partial charge in [-0.25, -0.2) is 9.78 Å². The van der Waals surface area contributed by atoms with Crippen molar-refractivity contribution in [1.82, 2.24) is 14.9 Å². The fourth-order valence-corrected chi connectivity index (χ4v) is 3.57. The van der Waals surface area contributed by atoms with Crippen molar-refractivity contribution in [2.45, 2.75) is 31.7 Å². The molecule has 1 aliphatic rings. The van der Waals surface area contributed by atoms with Gasteiger partial charge in [-0.3, -0.25) is 10.3 Å². The molecule has 1 unspecified atom stereocenters. The largest absolute Gasteiger partial charge is 0.396 e. The molecule has 1 saturated heterocycles. The number of aliphatic hydroxyl groups excluding tert-OH is 1. The number of carbonyl (C=O) groups excluding carboxylic acids is 1. The van der Waals surface area contributed by atoms with Gasteiger partial charge < -0.3 is 10.0 Å². The van der Waals surface area contributed by atoms with Gasteiger partial charge in [0.2, 0.25) is 0 Å². The van der Waals surface area contributed by atoms with Gasteiger partial charge >= 0.3 is 6.03 Å². The van der Waals surface area contributed by atoms with E-state index in [1.165, 1.54) is 11.3 Å². The summed E-state index contributed by atoms with van der Waals surface area (Å²) in [6, 6.07) is 3.79. The number of aromatic nitrogens is 2. The van der Waals surface area contributed by atoms with Crippen LogP contribution in [0, 0.1) is 0 Å². The second kappa shape index (κ2) is 7.52. The summed E-state index contributed by atoms with van der Waals surface area (Å²) in [5.74, 6) is 0. The maximum Gasteiger partial charge on any atom is 0.323 e. The number of aliphatic hydroxyl groups is 1. The van der Waals surface area contributed by atoms with Gasteiger partial charge in [-0.05, 0) is 37.8 Å². The Labute approximate surface area is 139 Å². The summed E-state index contributed by atoms with van der Waals surface area (Å²) in [6.07, 6.45) is 7.17. The molecule has 2 amide bonds. The van der Waals surface area contributed by atoms with Crippen LogP contribution < -0.4 is 5.32 Å². The minimum absolute atomic E-state index is 0.108. The molecule has 23 heavy (non-hydrogen) atoms. The number of piperidine rings is 1. The second-order valence-electron chi connectivity index (χ2n) is 5.57. The highest BCUT2D eigenvalue weighted by atomic mass is 32.1. The Morgan fingerprint density at radius 2 is 2.39 bits per heavy atom. The van der Waals surface area contributed by atoms with E-state index in [9.17, 15) is 4.79 Å². The Bertz CT molecular complexity index is 645. The molecule has 1 aliphatic heterocycles. The smallest absolute Gasteiger partial charge is 0.323 e. The van der Waals surface area contributed by atoms with Gasteiger partial charge in [0.05, 0.1) is 5.69 Å². The van der Waals surface area contributed by atoms with Crippen molar-refractivity contribution in [3.8, 4) is 11.3 Å². The third-order valence-electron chi connectivity index (χ3n) is 4.03. The number of rotatable bonds is 4. The molecule has 3 rings (SSSR count). The zero-order valence-electron chi connectivity index (χ0n) is 12.8. The first kappa shape index (κ1) is 15.9. The van der Waals surface area contributed by atoms with Crippen LogP contribution in [-0.4, -0.2) is 45.2 Å². The highest BCUT2D eigenvalue weighted by Crippen LogP contribution is 2.25. The van der Waals surface area contributed by atoms with E-state index >= 15 is 0 Å². The van der Waals surface area contributed by atoms with Gasteiger partial charge in [-0.2, -0.15) is 0 Å². The summed E-state index contributed by atoms with van der Waals surface area (Å²) < 4.78 is 0. The number of likely N-dealkylation sites (tertiary alicyclic amines) is 1. The number of thiazole rings is 1. The Kier molecular flexibility index (Phi) is 5.19. The standard InChI is InChI=1S/C16H20N4O2S/c21-9-6-13-5-1-2-8-20(13)16(22)19-15-18-14(11-23-15)12-4-3-7-17-10-12/h3-4,7,10-11,13,21H,1-2,5-6,8-9H2,(H,18,19,22). The van der Waals surface area contributed by atoms with Crippen molar-refractivity contribution in [2.24, 2.45) is 0 Å². The molecule has 0 bridgehead atoms. The van der Waals surface area contributed by atoms with Crippen molar-refractivity contribution >= 4 is 22.5 Å². The van der Waals surface area contributed by atoms with Crippen molar-refractivity contribution in [1.29, 1.82) is 0 Å². The number of hydrogen-bond acceptors (Lipinski definition) is 5. The van der Waals surface area contributed by atoms with Crippen LogP contribution >= 0.6 is 11.3 Å². The van der Waals surface area contributed by atoms with E-state index in [1.807, 2.05) is 22.4 Å². The number of urea groups is 1. The minimum Gasteiger partial charge on any atom is -0.396 e. The van der Waals surface area contributed by atoms with Gasteiger partial charge in [0.15, 0.2) is 5.13 Å². The van der Waals surface area contributed by atoms with Crippen LogP contribution in [0.1, 0.15) is 25.7 Å². The number of carbonyl (C=O) groups is 1. The van der Waals surface area contributed by atoms with Crippen molar-refractivity contribution < 1.29 is 9.90 Å². The predicted molar refractivity (Wildman–Crippen MR) is 90.4 cm³/mol.